The summed E-state index contributed by atoms with van der Waals surface area (Å²) in [7, 11) is 1.47. The first kappa shape index (κ1) is 11.5. The van der Waals surface area contributed by atoms with Gasteiger partial charge in [0.25, 0.3) is 5.91 Å². The second kappa shape index (κ2) is 5.33. The van der Waals surface area contributed by atoms with E-state index in [0.717, 1.165) is 17.7 Å². The fraction of sp³-hybridized carbons (Fsp3) is 0.667. The maximum absolute atomic E-state index is 11.8. The number of rotatable bonds is 2. The summed E-state index contributed by atoms with van der Waals surface area (Å²) in [5.74, 6) is -0.366. The lowest BCUT2D eigenvalue weighted by Crippen LogP contribution is -2.50. The first-order valence-electron chi connectivity index (χ1n) is 4.86. The molecule has 1 fully saturated rings. The van der Waals surface area contributed by atoms with Crippen molar-refractivity contribution in [3.63, 3.8) is 0 Å². The summed E-state index contributed by atoms with van der Waals surface area (Å²) in [4.78, 5) is 34.4. The van der Waals surface area contributed by atoms with Gasteiger partial charge in [0.2, 0.25) is 0 Å². The van der Waals surface area contributed by atoms with Gasteiger partial charge in [-0.15, -0.1) is 0 Å². The fourth-order valence-electron chi connectivity index (χ4n) is 1.58. The molecule has 6 nitrogen and oxygen atoms in total. The zero-order valence-electron chi connectivity index (χ0n) is 8.58. The van der Waals surface area contributed by atoms with E-state index in [1.807, 2.05) is 0 Å². The number of likely N-dealkylation sites (tertiary alicyclic amines) is 1. The summed E-state index contributed by atoms with van der Waals surface area (Å²) < 4.78 is 0. The van der Waals surface area contributed by atoms with Crippen molar-refractivity contribution in [2.24, 2.45) is 0 Å². The number of carbonyl (C=O) groups excluding carboxylic acids is 3. The summed E-state index contributed by atoms with van der Waals surface area (Å²) in [5, 5.41) is 4.70. The second-order valence-corrected chi connectivity index (χ2v) is 3.34. The Morgan fingerprint density at radius 2 is 2.27 bits per heavy atom. The van der Waals surface area contributed by atoms with E-state index in [4.69, 9.17) is 0 Å². The molecule has 83 valence electrons. The number of amides is 4. The largest absolute Gasteiger partial charge is 0.341 e. The summed E-state index contributed by atoms with van der Waals surface area (Å²) >= 11 is 0. The fourth-order valence-corrected chi connectivity index (χ4v) is 1.58. The van der Waals surface area contributed by atoms with Crippen LogP contribution in [-0.2, 0) is 9.59 Å². The van der Waals surface area contributed by atoms with E-state index in [9.17, 15) is 14.4 Å². The number of carbonyl (C=O) groups is 2. The molecule has 0 spiro atoms. The molecule has 1 saturated heterocycles. The molecule has 0 aromatic heterocycles. The highest BCUT2D eigenvalue weighted by Crippen LogP contribution is 2.11. The van der Waals surface area contributed by atoms with Crippen molar-refractivity contribution in [3.8, 4) is 0 Å². The highest BCUT2D eigenvalue weighted by Gasteiger charge is 2.30. The lowest BCUT2D eigenvalue weighted by atomic mass is 10.1. The summed E-state index contributed by atoms with van der Waals surface area (Å²) in [6, 6.07) is -1.05. The molecule has 0 aromatic carbocycles. The standard InChI is InChI=1S/C9H14N3O3/c1-10-9(15)12-5-3-2-4-7(8(12)14)11-6-13/h7H,2-5H2,1H3,(H,10,15)(H,11,13)/t7-/m1/s1. The Hall–Kier alpha value is -1.59. The second-order valence-electron chi connectivity index (χ2n) is 3.34. The van der Waals surface area contributed by atoms with Gasteiger partial charge in [0.1, 0.15) is 6.04 Å². The Balaban J connectivity index is 2.74. The normalized spacial score (nSPS) is 21.8. The van der Waals surface area contributed by atoms with Gasteiger partial charge in [0.05, 0.1) is 0 Å². The zero-order chi connectivity index (χ0) is 11.3. The highest BCUT2D eigenvalue weighted by molar-refractivity contribution is 5.97. The van der Waals surface area contributed by atoms with Gasteiger partial charge in [0.15, 0.2) is 0 Å². The molecule has 1 heterocycles. The molecule has 0 unspecified atom stereocenters. The molecule has 15 heavy (non-hydrogen) atoms. The van der Waals surface area contributed by atoms with Gasteiger partial charge in [0, 0.05) is 13.6 Å². The van der Waals surface area contributed by atoms with Crippen molar-refractivity contribution in [1.82, 2.24) is 15.5 Å². The molecule has 1 rings (SSSR count). The monoisotopic (exact) mass is 212 g/mol. The number of urea groups is 1. The van der Waals surface area contributed by atoms with Crippen molar-refractivity contribution in [1.29, 1.82) is 0 Å². The van der Waals surface area contributed by atoms with Crippen LogP contribution in [0.15, 0.2) is 0 Å². The van der Waals surface area contributed by atoms with E-state index in [0.29, 0.717) is 13.0 Å². The lowest BCUT2D eigenvalue weighted by Gasteiger charge is -2.21. The lowest BCUT2D eigenvalue weighted by molar-refractivity contribution is -0.129. The Kier molecular flexibility index (Phi) is 4.08. The summed E-state index contributed by atoms with van der Waals surface area (Å²) in [5.41, 5.74) is 0. The van der Waals surface area contributed by atoms with Crippen molar-refractivity contribution in [3.05, 3.63) is 0 Å². The van der Waals surface area contributed by atoms with E-state index in [-0.39, 0.29) is 5.91 Å². The van der Waals surface area contributed by atoms with Crippen LogP contribution in [0.3, 0.4) is 0 Å². The van der Waals surface area contributed by atoms with Gasteiger partial charge < -0.3 is 10.6 Å². The molecule has 0 bridgehead atoms. The first-order valence-corrected chi connectivity index (χ1v) is 4.86. The van der Waals surface area contributed by atoms with Crippen molar-refractivity contribution >= 4 is 18.3 Å². The van der Waals surface area contributed by atoms with E-state index in [2.05, 4.69) is 10.6 Å². The smallest absolute Gasteiger partial charge is 0.323 e. The van der Waals surface area contributed by atoms with Crippen molar-refractivity contribution < 1.29 is 14.4 Å². The summed E-state index contributed by atoms with van der Waals surface area (Å²) in [6.07, 6.45) is 3.62. The Morgan fingerprint density at radius 1 is 1.53 bits per heavy atom. The van der Waals surface area contributed by atoms with Crippen molar-refractivity contribution in [2.75, 3.05) is 13.6 Å². The third kappa shape index (κ3) is 2.68. The minimum absolute atomic E-state index is 0.366. The molecule has 0 aliphatic carbocycles. The molecule has 0 saturated carbocycles. The van der Waals surface area contributed by atoms with E-state index < -0.39 is 12.1 Å². The van der Waals surface area contributed by atoms with Crippen LogP contribution in [0.2, 0.25) is 0 Å². The maximum atomic E-state index is 11.8. The molecular formula is C9H14N3O3. The maximum Gasteiger partial charge on any atom is 0.323 e. The Morgan fingerprint density at radius 3 is 2.87 bits per heavy atom. The topological polar surface area (TPSA) is 78.5 Å². The third-order valence-corrected chi connectivity index (χ3v) is 2.38. The van der Waals surface area contributed by atoms with Gasteiger partial charge in [-0.25, -0.2) is 4.79 Å². The van der Waals surface area contributed by atoms with Gasteiger partial charge in [-0.05, 0) is 19.3 Å². The van der Waals surface area contributed by atoms with Crippen molar-refractivity contribution in [2.45, 2.75) is 25.3 Å². The van der Waals surface area contributed by atoms with E-state index in [1.165, 1.54) is 13.5 Å². The highest BCUT2D eigenvalue weighted by atomic mass is 16.2. The molecule has 1 radical (unpaired) electrons. The van der Waals surface area contributed by atoms with Gasteiger partial charge in [-0.2, -0.15) is 0 Å². The van der Waals surface area contributed by atoms with Crippen LogP contribution in [0.4, 0.5) is 4.79 Å². The molecule has 4 amide bonds. The van der Waals surface area contributed by atoms with E-state index in [1.54, 1.807) is 0 Å². The van der Waals surface area contributed by atoms with Gasteiger partial charge in [-0.3, -0.25) is 14.5 Å². The van der Waals surface area contributed by atoms with Gasteiger partial charge in [-0.1, -0.05) is 0 Å². The predicted molar refractivity (Wildman–Crippen MR) is 52.6 cm³/mol. The van der Waals surface area contributed by atoms with Crippen LogP contribution in [0, 0.1) is 0 Å². The molecule has 1 aliphatic heterocycles. The minimum atomic E-state index is -0.623. The predicted octanol–water partition coefficient (Wildman–Crippen LogP) is -0.636. The van der Waals surface area contributed by atoms with Crippen LogP contribution < -0.4 is 10.6 Å². The Labute approximate surface area is 88.0 Å². The number of nitrogens with one attached hydrogen (secondary N) is 2. The average molecular weight is 212 g/mol. The molecule has 1 aliphatic rings. The molecular weight excluding hydrogens is 198 g/mol. The molecule has 6 heteroatoms. The molecule has 1 atom stereocenters. The Bertz CT molecular complexity index is 267. The number of hydrogen-bond acceptors (Lipinski definition) is 3. The average Bonchev–Trinajstić information content (AvgIpc) is 2.42. The van der Waals surface area contributed by atoms with Crippen LogP contribution in [0.1, 0.15) is 19.3 Å². The van der Waals surface area contributed by atoms with Crippen LogP contribution >= 0.6 is 0 Å². The zero-order valence-corrected chi connectivity index (χ0v) is 8.58. The van der Waals surface area contributed by atoms with Crippen LogP contribution in [0.25, 0.3) is 0 Å². The number of hydrogen-bond donors (Lipinski definition) is 2. The van der Waals surface area contributed by atoms with Gasteiger partial charge >= 0.3 is 12.4 Å². The quantitative estimate of drug-likeness (QED) is 0.598. The minimum Gasteiger partial charge on any atom is -0.341 e. The van der Waals surface area contributed by atoms with Crippen LogP contribution in [-0.4, -0.2) is 42.9 Å². The number of imide groups is 1. The third-order valence-electron chi connectivity index (χ3n) is 2.38. The molecule has 2 N–H and O–H groups in total. The molecule has 0 aromatic rings. The van der Waals surface area contributed by atoms with Crippen LogP contribution in [0.5, 0.6) is 0 Å². The first-order chi connectivity index (χ1) is 7.20. The summed E-state index contributed by atoms with van der Waals surface area (Å²) in [6.45, 7) is 0.398. The van der Waals surface area contributed by atoms with E-state index >= 15 is 0 Å². The number of nitrogens with zero attached hydrogens (tertiary/aromatic N) is 1. The SMILES string of the molecule is CNC(=O)N1CCCC[C@@H](N[C]=O)C1=O.